The van der Waals surface area contributed by atoms with Crippen molar-refractivity contribution >= 4 is 11.3 Å². The normalized spacial score (nSPS) is 26.5. The van der Waals surface area contributed by atoms with E-state index in [1.165, 1.54) is 43.6 Å². The number of rotatable bonds is 6. The maximum atomic E-state index is 3.69. The summed E-state index contributed by atoms with van der Waals surface area (Å²) in [5.41, 5.74) is 0. The van der Waals surface area contributed by atoms with Crippen molar-refractivity contribution in [2.24, 2.45) is 0 Å². The highest BCUT2D eigenvalue weighted by molar-refractivity contribution is 7.10. The molecule has 0 spiro atoms. The second-order valence-corrected chi connectivity index (χ2v) is 6.68. The zero-order valence-corrected chi connectivity index (χ0v) is 13.4. The molecular formula is C16H28N2S. The van der Waals surface area contributed by atoms with Crippen molar-refractivity contribution in [2.45, 2.75) is 64.6 Å². The Labute approximate surface area is 122 Å². The average molecular weight is 280 g/mol. The van der Waals surface area contributed by atoms with E-state index < -0.39 is 0 Å². The van der Waals surface area contributed by atoms with E-state index in [1.54, 1.807) is 0 Å². The maximum Gasteiger partial charge on any atom is 0.0441 e. The van der Waals surface area contributed by atoms with Crippen LogP contribution in [0.25, 0.3) is 0 Å². The first kappa shape index (κ1) is 15.0. The predicted octanol–water partition coefficient (Wildman–Crippen LogP) is 4.05. The van der Waals surface area contributed by atoms with E-state index in [-0.39, 0.29) is 0 Å². The number of thiophene rings is 1. The van der Waals surface area contributed by atoms with Crippen molar-refractivity contribution in [1.82, 2.24) is 10.2 Å². The first-order chi connectivity index (χ1) is 9.26. The molecule has 0 saturated carbocycles. The van der Waals surface area contributed by atoms with Crippen molar-refractivity contribution in [3.8, 4) is 0 Å². The largest absolute Gasteiger partial charge is 0.314 e. The lowest BCUT2D eigenvalue weighted by Gasteiger charge is -2.42. The van der Waals surface area contributed by atoms with Gasteiger partial charge in [-0.3, -0.25) is 4.90 Å². The Hall–Kier alpha value is -0.380. The smallest absolute Gasteiger partial charge is 0.0441 e. The van der Waals surface area contributed by atoms with Crippen molar-refractivity contribution < 1.29 is 0 Å². The highest BCUT2D eigenvalue weighted by Crippen LogP contribution is 2.33. The molecule has 1 aromatic rings. The predicted molar refractivity (Wildman–Crippen MR) is 84.8 cm³/mol. The molecule has 2 nitrogen and oxygen atoms in total. The van der Waals surface area contributed by atoms with E-state index >= 15 is 0 Å². The van der Waals surface area contributed by atoms with E-state index in [0.29, 0.717) is 12.1 Å². The first-order valence-corrected chi connectivity index (χ1v) is 8.66. The van der Waals surface area contributed by atoms with Crippen LogP contribution in [0.1, 0.15) is 57.4 Å². The molecule has 1 fully saturated rings. The van der Waals surface area contributed by atoms with Gasteiger partial charge >= 0.3 is 0 Å². The molecule has 2 rings (SSSR count). The number of nitrogens with one attached hydrogen (secondary N) is 1. The molecular weight excluding hydrogens is 252 g/mol. The van der Waals surface area contributed by atoms with Crippen LogP contribution in [0.5, 0.6) is 0 Å². The van der Waals surface area contributed by atoms with Gasteiger partial charge in [0.2, 0.25) is 0 Å². The maximum absolute atomic E-state index is 3.69. The van der Waals surface area contributed by atoms with Crippen LogP contribution < -0.4 is 5.32 Å². The Morgan fingerprint density at radius 3 is 2.89 bits per heavy atom. The molecule has 1 aromatic heterocycles. The molecule has 3 heteroatoms. The second-order valence-electron chi connectivity index (χ2n) is 5.70. The van der Waals surface area contributed by atoms with Crippen molar-refractivity contribution in [3.63, 3.8) is 0 Å². The number of hydrogen-bond acceptors (Lipinski definition) is 3. The van der Waals surface area contributed by atoms with Crippen LogP contribution in [0.2, 0.25) is 0 Å². The summed E-state index contributed by atoms with van der Waals surface area (Å²) in [5, 5.41) is 5.90. The molecule has 0 radical (unpaired) electrons. The number of piperidine rings is 1. The zero-order valence-electron chi connectivity index (χ0n) is 12.6. The molecule has 1 N–H and O–H groups in total. The van der Waals surface area contributed by atoms with Crippen molar-refractivity contribution in [2.75, 3.05) is 13.1 Å². The van der Waals surface area contributed by atoms with Crippen LogP contribution in [-0.4, -0.2) is 30.1 Å². The minimum atomic E-state index is 0.627. The highest BCUT2D eigenvalue weighted by atomic mass is 32.1. The third-order valence-electron chi connectivity index (χ3n) is 4.27. The van der Waals surface area contributed by atoms with Gasteiger partial charge in [0.25, 0.3) is 0 Å². The summed E-state index contributed by atoms with van der Waals surface area (Å²) in [4.78, 5) is 4.25. The molecule has 0 amide bonds. The summed E-state index contributed by atoms with van der Waals surface area (Å²) in [7, 11) is 0. The fraction of sp³-hybridized carbons (Fsp3) is 0.750. The van der Waals surface area contributed by atoms with Crippen LogP contribution in [0.4, 0.5) is 0 Å². The number of hydrogen-bond donors (Lipinski definition) is 1. The van der Waals surface area contributed by atoms with Crippen LogP contribution in [0.3, 0.4) is 0 Å². The molecule has 0 bridgehead atoms. The summed E-state index contributed by atoms with van der Waals surface area (Å²) in [5.74, 6) is 0. The van der Waals surface area contributed by atoms with Crippen LogP contribution in [0, 0.1) is 0 Å². The van der Waals surface area contributed by atoms with Crippen molar-refractivity contribution in [3.05, 3.63) is 22.4 Å². The molecule has 19 heavy (non-hydrogen) atoms. The Kier molecular flexibility index (Phi) is 5.86. The molecule has 3 unspecified atom stereocenters. The van der Waals surface area contributed by atoms with Crippen LogP contribution >= 0.6 is 11.3 Å². The summed E-state index contributed by atoms with van der Waals surface area (Å²) in [6, 6.07) is 6.53. The van der Waals surface area contributed by atoms with E-state index in [2.05, 4.69) is 48.5 Å². The fourth-order valence-corrected chi connectivity index (χ4v) is 4.20. The van der Waals surface area contributed by atoms with Gasteiger partial charge in [0.1, 0.15) is 0 Å². The molecule has 1 aliphatic heterocycles. The number of likely N-dealkylation sites (tertiary alicyclic amines) is 1. The Balaban J connectivity index is 1.94. The van der Waals surface area contributed by atoms with Gasteiger partial charge in [0.05, 0.1) is 0 Å². The lowest BCUT2D eigenvalue weighted by atomic mass is 9.95. The van der Waals surface area contributed by atoms with E-state index in [4.69, 9.17) is 0 Å². The summed E-state index contributed by atoms with van der Waals surface area (Å²) in [6.07, 6.45) is 5.05. The number of nitrogens with zero attached hydrogens (tertiary/aromatic N) is 1. The fourth-order valence-electron chi connectivity index (χ4n) is 3.27. The van der Waals surface area contributed by atoms with E-state index in [0.717, 1.165) is 6.04 Å². The van der Waals surface area contributed by atoms with Gasteiger partial charge in [0.15, 0.2) is 0 Å². The highest BCUT2D eigenvalue weighted by Gasteiger charge is 2.30. The summed E-state index contributed by atoms with van der Waals surface area (Å²) in [6.45, 7) is 9.36. The topological polar surface area (TPSA) is 15.3 Å². The Bertz CT molecular complexity index is 350. The van der Waals surface area contributed by atoms with E-state index in [1.807, 2.05) is 11.3 Å². The quantitative estimate of drug-likeness (QED) is 0.845. The minimum absolute atomic E-state index is 0.627. The third-order valence-corrected chi connectivity index (χ3v) is 5.24. The summed E-state index contributed by atoms with van der Waals surface area (Å²) < 4.78 is 0. The van der Waals surface area contributed by atoms with E-state index in [9.17, 15) is 0 Å². The van der Waals surface area contributed by atoms with Crippen LogP contribution in [-0.2, 0) is 0 Å². The van der Waals surface area contributed by atoms with Gasteiger partial charge in [-0.2, -0.15) is 0 Å². The Morgan fingerprint density at radius 2 is 2.32 bits per heavy atom. The molecule has 1 aliphatic rings. The lowest BCUT2D eigenvalue weighted by molar-refractivity contribution is 0.0866. The monoisotopic (exact) mass is 280 g/mol. The molecule has 0 aromatic carbocycles. The standard InChI is InChI=1S/C16H28N2S/c1-4-9-17-14-8-10-18(13(3)12-14)15(5-2)16-7-6-11-19-16/h6-7,11,13-15,17H,4-5,8-10,12H2,1-3H3. The van der Waals surface area contributed by atoms with Crippen LogP contribution in [0.15, 0.2) is 17.5 Å². The first-order valence-electron chi connectivity index (χ1n) is 7.78. The minimum Gasteiger partial charge on any atom is -0.314 e. The average Bonchev–Trinajstić information content (AvgIpc) is 2.93. The van der Waals surface area contributed by atoms with Gasteiger partial charge in [-0.15, -0.1) is 11.3 Å². The van der Waals surface area contributed by atoms with Gasteiger partial charge in [-0.05, 0) is 50.6 Å². The molecule has 108 valence electrons. The molecule has 0 aliphatic carbocycles. The van der Waals surface area contributed by atoms with Crippen molar-refractivity contribution in [1.29, 1.82) is 0 Å². The lowest BCUT2D eigenvalue weighted by Crippen LogP contribution is -2.48. The van der Waals surface area contributed by atoms with Gasteiger partial charge in [-0.1, -0.05) is 19.9 Å². The molecule has 1 saturated heterocycles. The van der Waals surface area contributed by atoms with Gasteiger partial charge < -0.3 is 5.32 Å². The third kappa shape index (κ3) is 3.80. The second kappa shape index (κ2) is 7.41. The van der Waals surface area contributed by atoms with Gasteiger partial charge in [0, 0.05) is 29.5 Å². The zero-order chi connectivity index (χ0) is 13.7. The molecule has 2 heterocycles. The molecule has 3 atom stereocenters. The van der Waals surface area contributed by atoms with Gasteiger partial charge in [-0.25, -0.2) is 0 Å². The summed E-state index contributed by atoms with van der Waals surface area (Å²) >= 11 is 1.91. The Morgan fingerprint density at radius 1 is 1.47 bits per heavy atom. The SMILES string of the molecule is CCCNC1CCN(C(CC)c2cccs2)C(C)C1.